The van der Waals surface area contributed by atoms with Gasteiger partial charge in [0.25, 0.3) is 0 Å². The van der Waals surface area contributed by atoms with E-state index in [0.717, 1.165) is 22.4 Å². The number of nitrogens with one attached hydrogen (secondary N) is 1. The van der Waals surface area contributed by atoms with Crippen molar-refractivity contribution >= 4 is 17.5 Å². The van der Waals surface area contributed by atoms with Gasteiger partial charge in [0.05, 0.1) is 6.61 Å². The molecule has 31 heavy (non-hydrogen) atoms. The molecule has 3 aliphatic rings. The van der Waals surface area contributed by atoms with Gasteiger partial charge in [-0.2, -0.15) is 0 Å². The molecule has 2 N–H and O–H groups in total. The summed E-state index contributed by atoms with van der Waals surface area (Å²) >= 11 is 0. The first-order valence-electron chi connectivity index (χ1n) is 10.4. The highest BCUT2D eigenvalue weighted by Gasteiger charge is 2.49. The first kappa shape index (κ1) is 20.4. The Labute approximate surface area is 180 Å². The number of ketones is 1. The van der Waals surface area contributed by atoms with Crippen LogP contribution in [0.2, 0.25) is 0 Å². The van der Waals surface area contributed by atoms with E-state index in [1.54, 1.807) is 13.2 Å². The average molecular weight is 423 g/mol. The molecule has 2 aromatic carbocycles. The van der Waals surface area contributed by atoms with Crippen LogP contribution in [0.1, 0.15) is 23.0 Å². The van der Waals surface area contributed by atoms with E-state index in [0.29, 0.717) is 13.0 Å². The van der Waals surface area contributed by atoms with E-state index in [2.05, 4.69) is 5.32 Å². The number of methoxy groups -OCH3 is 1. The molecular formula is C24H25NO6. The molecule has 0 amide bonds. The van der Waals surface area contributed by atoms with Crippen molar-refractivity contribution in [1.29, 1.82) is 0 Å². The van der Waals surface area contributed by atoms with E-state index in [9.17, 15) is 9.90 Å². The summed E-state index contributed by atoms with van der Waals surface area (Å²) in [6.07, 6.45) is 0.622. The Balaban J connectivity index is 1.35. The van der Waals surface area contributed by atoms with Crippen LogP contribution < -0.4 is 5.32 Å². The summed E-state index contributed by atoms with van der Waals surface area (Å²) < 4.78 is 23.5. The van der Waals surface area contributed by atoms with Crippen LogP contribution in [-0.2, 0) is 30.2 Å². The summed E-state index contributed by atoms with van der Waals surface area (Å²) in [6.45, 7) is 0.293. The first-order valence-corrected chi connectivity index (χ1v) is 10.4. The number of aliphatic hydroxyl groups excluding tert-OH is 1. The van der Waals surface area contributed by atoms with Gasteiger partial charge in [-0.15, -0.1) is 0 Å². The van der Waals surface area contributed by atoms with Crippen molar-refractivity contribution in [2.45, 2.75) is 43.4 Å². The number of allylic oxidation sites excluding steroid dienone is 1. The summed E-state index contributed by atoms with van der Waals surface area (Å²) in [7, 11) is 1.54. The van der Waals surface area contributed by atoms with Gasteiger partial charge < -0.3 is 29.4 Å². The van der Waals surface area contributed by atoms with Crippen LogP contribution in [0.4, 0.5) is 5.69 Å². The Morgan fingerprint density at radius 2 is 1.94 bits per heavy atom. The third-order valence-corrected chi connectivity index (χ3v) is 5.96. The highest BCUT2D eigenvalue weighted by molar-refractivity contribution is 5.98. The van der Waals surface area contributed by atoms with Crippen molar-refractivity contribution in [1.82, 2.24) is 0 Å². The Hall–Kier alpha value is -2.55. The molecule has 3 unspecified atom stereocenters. The molecule has 2 fully saturated rings. The zero-order chi connectivity index (χ0) is 21.4. The maximum absolute atomic E-state index is 11.8. The summed E-state index contributed by atoms with van der Waals surface area (Å²) in [5.41, 5.74) is 3.63. The van der Waals surface area contributed by atoms with Gasteiger partial charge in [0.15, 0.2) is 18.4 Å². The number of hydrogen-bond donors (Lipinski definition) is 2. The summed E-state index contributed by atoms with van der Waals surface area (Å²) in [5.74, 6) is 0.0749. The molecule has 0 bridgehead atoms. The monoisotopic (exact) mass is 423 g/mol. The highest BCUT2D eigenvalue weighted by atomic mass is 16.7. The van der Waals surface area contributed by atoms with Crippen molar-refractivity contribution in [3.63, 3.8) is 0 Å². The Morgan fingerprint density at radius 3 is 2.74 bits per heavy atom. The molecule has 2 heterocycles. The number of benzene rings is 2. The lowest BCUT2D eigenvalue weighted by atomic mass is 9.94. The minimum absolute atomic E-state index is 0.0749. The minimum atomic E-state index is -0.892. The van der Waals surface area contributed by atoms with E-state index in [-0.39, 0.29) is 5.78 Å². The maximum Gasteiger partial charge on any atom is 0.184 e. The zero-order valence-electron chi connectivity index (χ0n) is 17.1. The molecule has 162 valence electrons. The van der Waals surface area contributed by atoms with Crippen LogP contribution in [0.15, 0.2) is 54.6 Å². The van der Waals surface area contributed by atoms with Gasteiger partial charge in [-0.3, -0.25) is 4.79 Å². The fraction of sp³-hybridized carbons (Fsp3) is 0.375. The number of anilines is 1. The average Bonchev–Trinajstić information content (AvgIpc) is 2.81. The Morgan fingerprint density at radius 1 is 1.10 bits per heavy atom. The van der Waals surface area contributed by atoms with Crippen molar-refractivity contribution in [3.8, 4) is 0 Å². The lowest BCUT2D eigenvalue weighted by molar-refractivity contribution is -0.337. The van der Waals surface area contributed by atoms with Crippen LogP contribution in [0, 0.1) is 0 Å². The molecule has 6 atom stereocenters. The Bertz CT molecular complexity index is 977. The quantitative estimate of drug-likeness (QED) is 0.781. The molecule has 0 radical (unpaired) electrons. The van der Waals surface area contributed by atoms with Crippen LogP contribution in [-0.4, -0.2) is 55.3 Å². The minimum Gasteiger partial charge on any atom is -0.388 e. The largest absolute Gasteiger partial charge is 0.388 e. The fourth-order valence-corrected chi connectivity index (χ4v) is 4.36. The molecule has 2 aromatic rings. The predicted molar refractivity (Wildman–Crippen MR) is 113 cm³/mol. The zero-order valence-corrected chi connectivity index (χ0v) is 17.1. The summed E-state index contributed by atoms with van der Waals surface area (Å²) in [5, 5.41) is 14.5. The van der Waals surface area contributed by atoms with Gasteiger partial charge in [0, 0.05) is 24.8 Å². The number of rotatable bonds is 4. The van der Waals surface area contributed by atoms with Crippen molar-refractivity contribution < 1.29 is 28.8 Å². The van der Waals surface area contributed by atoms with Gasteiger partial charge in [0.1, 0.15) is 24.4 Å². The van der Waals surface area contributed by atoms with Crippen LogP contribution in [0.3, 0.4) is 0 Å². The van der Waals surface area contributed by atoms with Crippen LogP contribution in [0.25, 0.3) is 6.08 Å². The van der Waals surface area contributed by atoms with Crippen molar-refractivity contribution in [3.05, 3.63) is 71.3 Å². The third kappa shape index (κ3) is 4.03. The second kappa shape index (κ2) is 8.53. The van der Waals surface area contributed by atoms with E-state index < -0.39 is 36.9 Å². The van der Waals surface area contributed by atoms with Crippen molar-refractivity contribution in [2.75, 3.05) is 19.0 Å². The highest BCUT2D eigenvalue weighted by Crippen LogP contribution is 2.35. The number of ether oxygens (including phenoxy) is 4. The molecule has 2 aliphatic heterocycles. The van der Waals surface area contributed by atoms with E-state index >= 15 is 0 Å². The van der Waals surface area contributed by atoms with Gasteiger partial charge in [0.2, 0.25) is 0 Å². The number of hydrogen-bond acceptors (Lipinski definition) is 7. The second-order valence-corrected chi connectivity index (χ2v) is 8.01. The maximum atomic E-state index is 11.8. The molecule has 7 heteroatoms. The van der Waals surface area contributed by atoms with Gasteiger partial charge >= 0.3 is 0 Å². The molecule has 5 rings (SSSR count). The normalized spacial score (nSPS) is 32.3. The number of fused-ring (bicyclic) bond motifs is 2. The lowest BCUT2D eigenvalue weighted by Crippen LogP contribution is -2.64. The lowest BCUT2D eigenvalue weighted by Gasteiger charge is -2.47. The molecule has 0 spiro atoms. The number of carbonyl (C=O) groups is 1. The van der Waals surface area contributed by atoms with E-state index in [4.69, 9.17) is 18.9 Å². The van der Waals surface area contributed by atoms with Crippen molar-refractivity contribution in [2.24, 2.45) is 0 Å². The van der Waals surface area contributed by atoms with Gasteiger partial charge in [-0.1, -0.05) is 42.5 Å². The van der Waals surface area contributed by atoms with Gasteiger partial charge in [-0.05, 0) is 29.3 Å². The molecular weight excluding hydrogens is 398 g/mol. The fourth-order valence-electron chi connectivity index (χ4n) is 4.36. The van der Waals surface area contributed by atoms with E-state index in [1.807, 2.05) is 54.6 Å². The van der Waals surface area contributed by atoms with Gasteiger partial charge in [-0.25, -0.2) is 0 Å². The Kier molecular flexibility index (Phi) is 5.60. The van der Waals surface area contributed by atoms with Crippen LogP contribution in [0.5, 0.6) is 0 Å². The topological polar surface area (TPSA) is 86.2 Å². The molecule has 0 aromatic heterocycles. The van der Waals surface area contributed by atoms with Crippen LogP contribution >= 0.6 is 0 Å². The SMILES string of the molecule is CO[C@H]1OC2COC(c3ccccc3)O[C@H]2[C@H](O)C1Nc1ccc2c(c1)CC(=O)C=C2. The summed E-state index contributed by atoms with van der Waals surface area (Å²) in [6, 6.07) is 14.9. The third-order valence-electron chi connectivity index (χ3n) is 5.96. The molecule has 0 saturated carbocycles. The predicted octanol–water partition coefficient (Wildman–Crippen LogP) is 2.45. The summed E-state index contributed by atoms with van der Waals surface area (Å²) in [4.78, 5) is 11.8. The first-order chi connectivity index (χ1) is 15.1. The number of aliphatic hydroxyl groups is 1. The smallest absolute Gasteiger partial charge is 0.184 e. The second-order valence-electron chi connectivity index (χ2n) is 8.01. The van der Waals surface area contributed by atoms with E-state index in [1.165, 1.54) is 0 Å². The molecule has 2 saturated heterocycles. The molecule has 1 aliphatic carbocycles. The number of carbonyl (C=O) groups excluding carboxylic acids is 1. The standard InChI is InChI=1S/C24H25NO6/c1-28-24-20(25-17-9-7-14-8-10-18(26)12-16(14)11-17)21(27)22-19(30-24)13-29-23(31-22)15-5-3-2-4-6-15/h2-11,19-25,27H,12-13H2,1H3/t19?,20?,21-,22-,23?,24+/m1/s1. The molecule has 7 nitrogen and oxygen atoms in total.